The highest BCUT2D eigenvalue weighted by Gasteiger charge is 2.57. The predicted octanol–water partition coefficient (Wildman–Crippen LogP) is 3.79. The van der Waals surface area contributed by atoms with Gasteiger partial charge in [-0.3, -0.25) is 9.59 Å². The topological polar surface area (TPSA) is 197 Å². The lowest BCUT2D eigenvalue weighted by Gasteiger charge is -2.51. The maximum atomic E-state index is 13.3. The molecule has 0 aromatic carbocycles. The molecule has 2 fully saturated rings. The Morgan fingerprint density at radius 3 is 2.42 bits per heavy atom. The van der Waals surface area contributed by atoms with Crippen molar-refractivity contribution in [3.8, 4) is 0 Å². The van der Waals surface area contributed by atoms with Gasteiger partial charge in [-0.05, 0) is 37.3 Å². The summed E-state index contributed by atoms with van der Waals surface area (Å²) < 4.78 is 41.2. The molecule has 0 aromatic rings. The second-order valence-electron chi connectivity index (χ2n) is 15.7. The van der Waals surface area contributed by atoms with Crippen molar-refractivity contribution >= 4 is 17.9 Å². The minimum absolute atomic E-state index is 0.0262. The molecule has 4 bridgehead atoms. The molecule has 304 valence electrons. The third-order valence-corrected chi connectivity index (χ3v) is 10.3. The van der Waals surface area contributed by atoms with E-state index >= 15 is 0 Å². The predicted molar refractivity (Wildman–Crippen MR) is 192 cm³/mol. The number of cyclic esters (lactones) is 1. The lowest BCUT2D eigenvalue weighted by Crippen LogP contribution is -2.62. The molecule has 3 heterocycles. The van der Waals surface area contributed by atoms with Crippen molar-refractivity contribution in [2.24, 2.45) is 10.8 Å². The van der Waals surface area contributed by atoms with Gasteiger partial charge in [0.05, 0.1) is 57.8 Å². The summed E-state index contributed by atoms with van der Waals surface area (Å²) in [5.41, 5.74) is -1.77. The van der Waals surface area contributed by atoms with Crippen LogP contribution in [0.2, 0.25) is 0 Å². The van der Waals surface area contributed by atoms with Crippen LogP contribution in [0.25, 0.3) is 0 Å². The zero-order chi connectivity index (χ0) is 39.2. The summed E-state index contributed by atoms with van der Waals surface area (Å²) in [5.74, 6) is -4.36. The van der Waals surface area contributed by atoms with E-state index in [1.807, 2.05) is 13.8 Å². The fourth-order valence-electron chi connectivity index (χ4n) is 6.77. The minimum atomic E-state index is -2.29. The van der Waals surface area contributed by atoms with Crippen LogP contribution in [0.4, 0.5) is 0 Å². The van der Waals surface area contributed by atoms with Gasteiger partial charge in [-0.15, -0.1) is 0 Å². The fraction of sp³-hybridized carbons (Fsp3) is 0.821. The number of hydrogen-bond donors (Lipinski definition) is 4. The van der Waals surface area contributed by atoms with E-state index < -0.39 is 77.9 Å². The number of methoxy groups -OCH3 is 1. The molecule has 0 radical (unpaired) electrons. The van der Waals surface area contributed by atoms with E-state index in [1.54, 1.807) is 26.0 Å². The molecule has 3 aliphatic heterocycles. The molecular formula is C39H64O14. The smallest absolute Gasteiger partial charge is 0.330 e. The maximum absolute atomic E-state index is 13.3. The second kappa shape index (κ2) is 21.0. The monoisotopic (exact) mass is 756 g/mol. The van der Waals surface area contributed by atoms with Gasteiger partial charge in [0.1, 0.15) is 6.10 Å². The SMILES string of the molecule is CCCCCCCC(=O)O[C@H]1/C(=C/C(=O)OC)C[C@H]2C[C@H](CO)OC(=O)C[C@H](O)CCO[C@H](C(C)(C)CO)C[C@@H]3CCO[C@H](/C=C/C(C)(C)[C@]1(O)O2)O3. The highest BCUT2D eigenvalue weighted by atomic mass is 16.7. The summed E-state index contributed by atoms with van der Waals surface area (Å²) in [6, 6.07) is 0. The van der Waals surface area contributed by atoms with Gasteiger partial charge in [0, 0.05) is 42.8 Å². The van der Waals surface area contributed by atoms with Crippen LogP contribution in [0.1, 0.15) is 112 Å². The average Bonchev–Trinajstić information content (AvgIpc) is 3.11. The quantitative estimate of drug-likeness (QED) is 0.0781. The molecule has 14 nitrogen and oxygen atoms in total. The molecule has 8 atom stereocenters. The number of fused-ring (bicyclic) bond motifs is 4. The fourth-order valence-corrected chi connectivity index (χ4v) is 6.77. The Morgan fingerprint density at radius 2 is 1.74 bits per heavy atom. The van der Waals surface area contributed by atoms with Crippen LogP contribution in [0.15, 0.2) is 23.8 Å². The lowest BCUT2D eigenvalue weighted by molar-refractivity contribution is -0.327. The Kier molecular flexibility index (Phi) is 17.8. The molecule has 4 N–H and O–H groups in total. The molecule has 0 aliphatic carbocycles. The Morgan fingerprint density at radius 1 is 1.02 bits per heavy atom. The van der Waals surface area contributed by atoms with Crippen LogP contribution in [0, 0.1) is 10.8 Å². The molecule has 3 rings (SSSR count). The highest BCUT2D eigenvalue weighted by Crippen LogP contribution is 2.47. The van der Waals surface area contributed by atoms with Crippen molar-refractivity contribution < 1.29 is 68.0 Å². The van der Waals surface area contributed by atoms with Crippen molar-refractivity contribution in [2.75, 3.05) is 33.5 Å². The van der Waals surface area contributed by atoms with Gasteiger partial charge in [0.2, 0.25) is 5.79 Å². The number of carbonyl (C=O) groups is 3. The Hall–Kier alpha value is -2.43. The number of ether oxygens (including phenoxy) is 7. The van der Waals surface area contributed by atoms with Crippen LogP contribution in [0.5, 0.6) is 0 Å². The van der Waals surface area contributed by atoms with E-state index in [2.05, 4.69) is 6.92 Å². The number of rotatable bonds is 11. The zero-order valence-electron chi connectivity index (χ0n) is 32.5. The van der Waals surface area contributed by atoms with E-state index in [0.29, 0.717) is 25.9 Å². The Labute approximate surface area is 314 Å². The van der Waals surface area contributed by atoms with E-state index in [0.717, 1.165) is 25.7 Å². The van der Waals surface area contributed by atoms with E-state index in [9.17, 15) is 34.8 Å². The maximum Gasteiger partial charge on any atom is 0.330 e. The van der Waals surface area contributed by atoms with Gasteiger partial charge >= 0.3 is 17.9 Å². The summed E-state index contributed by atoms with van der Waals surface area (Å²) in [7, 11) is 1.21. The van der Waals surface area contributed by atoms with Gasteiger partial charge < -0.3 is 53.6 Å². The van der Waals surface area contributed by atoms with Crippen LogP contribution in [0.3, 0.4) is 0 Å². The van der Waals surface area contributed by atoms with Gasteiger partial charge in [-0.2, -0.15) is 0 Å². The molecule has 0 spiro atoms. The number of unbranched alkanes of at least 4 members (excludes halogenated alkanes) is 4. The van der Waals surface area contributed by atoms with Crippen molar-refractivity contribution in [1.29, 1.82) is 0 Å². The Bertz CT molecular complexity index is 1230. The summed E-state index contributed by atoms with van der Waals surface area (Å²) in [4.78, 5) is 38.9. The van der Waals surface area contributed by atoms with Crippen molar-refractivity contribution in [3.63, 3.8) is 0 Å². The largest absolute Gasteiger partial charge is 0.466 e. The molecule has 0 aromatic heterocycles. The van der Waals surface area contributed by atoms with Crippen molar-refractivity contribution in [3.05, 3.63) is 23.8 Å². The number of esters is 3. The first-order valence-corrected chi connectivity index (χ1v) is 19.1. The molecule has 0 unspecified atom stereocenters. The number of aliphatic hydroxyl groups excluding tert-OH is 3. The minimum Gasteiger partial charge on any atom is -0.466 e. The summed E-state index contributed by atoms with van der Waals surface area (Å²) in [6.45, 7) is 8.92. The Balaban J connectivity index is 2.04. The number of carbonyl (C=O) groups excluding carboxylic acids is 3. The van der Waals surface area contributed by atoms with Gasteiger partial charge in [-0.1, -0.05) is 66.4 Å². The van der Waals surface area contributed by atoms with Gasteiger partial charge in [0.25, 0.3) is 0 Å². The molecule has 0 saturated carbocycles. The first kappa shape index (κ1) is 45.0. The van der Waals surface area contributed by atoms with Crippen LogP contribution < -0.4 is 0 Å². The van der Waals surface area contributed by atoms with Crippen LogP contribution in [-0.4, -0.2) is 121 Å². The van der Waals surface area contributed by atoms with E-state index in [1.165, 1.54) is 13.2 Å². The van der Waals surface area contributed by atoms with Gasteiger partial charge in [-0.25, -0.2) is 4.79 Å². The third-order valence-electron chi connectivity index (χ3n) is 10.3. The van der Waals surface area contributed by atoms with Crippen LogP contribution >= 0.6 is 0 Å². The number of aliphatic hydroxyl groups is 4. The molecule has 3 aliphatic rings. The summed E-state index contributed by atoms with van der Waals surface area (Å²) in [6.07, 6.45) is 3.46. The van der Waals surface area contributed by atoms with Crippen molar-refractivity contribution in [1.82, 2.24) is 0 Å². The second-order valence-corrected chi connectivity index (χ2v) is 15.7. The molecule has 14 heteroatoms. The third kappa shape index (κ3) is 13.4. The first-order valence-electron chi connectivity index (χ1n) is 19.1. The standard InChI is InChI=1S/C39H64O14/c1-7-8-9-10-11-12-32(43)52-36-26(20-33(44)47-6)19-29-22-30(24-40)50-34(45)21-27(42)14-17-48-31(37(2,3)25-41)23-28-15-18-49-35(51-28)13-16-38(4,5)39(36,46)53-29/h13,16,20,27-31,35-36,40-42,46H,7-12,14-15,17-19,21-25H2,1-6H3/b16-13+,26-20+/t27-,28+,29+,30-,31+,35+,36+,39-/m1/s1. The summed E-state index contributed by atoms with van der Waals surface area (Å²) in [5, 5.41) is 43.7. The lowest BCUT2D eigenvalue weighted by atomic mass is 9.74. The average molecular weight is 757 g/mol. The first-order chi connectivity index (χ1) is 25.1. The van der Waals surface area contributed by atoms with Crippen molar-refractivity contribution in [2.45, 2.75) is 160 Å². The summed E-state index contributed by atoms with van der Waals surface area (Å²) >= 11 is 0. The van der Waals surface area contributed by atoms with E-state index in [4.69, 9.17) is 33.2 Å². The molecular weight excluding hydrogens is 692 g/mol. The molecule has 2 saturated heterocycles. The van der Waals surface area contributed by atoms with Crippen LogP contribution in [-0.2, 0) is 47.5 Å². The normalized spacial score (nSPS) is 33.4. The highest BCUT2D eigenvalue weighted by molar-refractivity contribution is 5.83. The molecule has 53 heavy (non-hydrogen) atoms. The molecule has 0 amide bonds. The zero-order valence-corrected chi connectivity index (χ0v) is 32.5. The number of hydrogen-bond acceptors (Lipinski definition) is 14. The van der Waals surface area contributed by atoms with E-state index in [-0.39, 0.29) is 57.0 Å². The van der Waals surface area contributed by atoms with Gasteiger partial charge in [0.15, 0.2) is 12.4 Å².